The van der Waals surface area contributed by atoms with Crippen molar-refractivity contribution in [2.75, 3.05) is 17.3 Å². The van der Waals surface area contributed by atoms with Crippen LogP contribution in [0, 0.1) is 0 Å². The van der Waals surface area contributed by atoms with Crippen LogP contribution >= 0.6 is 11.8 Å². The topological polar surface area (TPSA) is 57.5 Å². The van der Waals surface area contributed by atoms with Gasteiger partial charge in [-0.3, -0.25) is 4.21 Å². The molecular weight excluding hydrogens is 472 g/mol. The Morgan fingerprint density at radius 1 is 0.857 bits per heavy atom. The molecule has 194 valence electrons. The number of fused-ring (bicyclic) bond motifs is 1. The number of unbranched alkanes of at least 4 members (excludes halogenated alkanes) is 8. The number of thioether (sulfide) groups is 1. The molecule has 1 heterocycles. The van der Waals surface area contributed by atoms with Gasteiger partial charge >= 0.3 is 0 Å². The van der Waals surface area contributed by atoms with E-state index in [1.807, 2.05) is 23.9 Å². The SMILES string of the molecule is CCCCCS(=O)CCCCCCCCCC1c2ccc(O)cc2SCC1(C)c1ccc(O)cc1. The molecule has 1 aliphatic rings. The van der Waals surface area contributed by atoms with E-state index in [4.69, 9.17) is 0 Å². The number of phenols is 2. The smallest absolute Gasteiger partial charge is 0.116 e. The highest BCUT2D eigenvalue weighted by molar-refractivity contribution is 7.99. The molecule has 3 nitrogen and oxygen atoms in total. The molecule has 0 saturated carbocycles. The standard InChI is InChI=1S/C30H44O3S2/c1-3-4-11-20-35(33)21-12-9-7-5-6-8-10-13-28-27-19-18-26(32)22-29(27)34-23-30(28,2)24-14-16-25(31)17-15-24/h14-19,22,28,31-32H,3-13,20-21,23H2,1-2H3. The van der Waals surface area contributed by atoms with Gasteiger partial charge in [0.25, 0.3) is 0 Å². The lowest BCUT2D eigenvalue weighted by molar-refractivity contribution is 0.370. The van der Waals surface area contributed by atoms with E-state index in [2.05, 4.69) is 32.0 Å². The monoisotopic (exact) mass is 516 g/mol. The highest BCUT2D eigenvalue weighted by Crippen LogP contribution is 2.52. The van der Waals surface area contributed by atoms with E-state index in [1.165, 1.54) is 67.4 Å². The van der Waals surface area contributed by atoms with Crippen molar-refractivity contribution in [3.63, 3.8) is 0 Å². The molecule has 2 aromatic rings. The third-order valence-electron chi connectivity index (χ3n) is 7.54. The zero-order valence-corrected chi connectivity index (χ0v) is 23.3. The average molecular weight is 517 g/mol. The lowest BCUT2D eigenvalue weighted by Crippen LogP contribution is -2.36. The first-order valence-corrected chi connectivity index (χ1v) is 16.0. The summed E-state index contributed by atoms with van der Waals surface area (Å²) in [5.41, 5.74) is 2.62. The van der Waals surface area contributed by atoms with Gasteiger partial charge in [-0.25, -0.2) is 0 Å². The molecule has 0 amide bonds. The number of rotatable bonds is 15. The van der Waals surface area contributed by atoms with Crippen molar-refractivity contribution in [2.24, 2.45) is 0 Å². The molecule has 2 aromatic carbocycles. The Morgan fingerprint density at radius 2 is 1.46 bits per heavy atom. The Balaban J connectivity index is 1.46. The van der Waals surface area contributed by atoms with Crippen LogP contribution in [0.2, 0.25) is 0 Å². The van der Waals surface area contributed by atoms with Crippen molar-refractivity contribution >= 4 is 22.6 Å². The molecule has 0 saturated heterocycles. The van der Waals surface area contributed by atoms with E-state index in [1.54, 1.807) is 12.1 Å². The molecule has 0 radical (unpaired) electrons. The van der Waals surface area contributed by atoms with Crippen LogP contribution in [0.5, 0.6) is 11.5 Å². The van der Waals surface area contributed by atoms with Gasteiger partial charge < -0.3 is 10.2 Å². The normalized spacial score (nSPS) is 20.5. The van der Waals surface area contributed by atoms with Gasteiger partial charge in [-0.05, 0) is 60.6 Å². The first-order chi connectivity index (χ1) is 16.9. The summed E-state index contributed by atoms with van der Waals surface area (Å²) >= 11 is 1.83. The molecule has 1 aliphatic heterocycles. The largest absolute Gasteiger partial charge is 0.508 e. The van der Waals surface area contributed by atoms with E-state index in [9.17, 15) is 14.4 Å². The lowest BCUT2D eigenvalue weighted by Gasteiger charge is -2.43. The van der Waals surface area contributed by atoms with E-state index < -0.39 is 10.8 Å². The van der Waals surface area contributed by atoms with Crippen molar-refractivity contribution in [2.45, 2.75) is 101 Å². The minimum absolute atomic E-state index is 0.00484. The minimum atomic E-state index is -0.610. The van der Waals surface area contributed by atoms with Gasteiger partial charge in [-0.15, -0.1) is 11.8 Å². The molecule has 3 rings (SSSR count). The molecule has 3 atom stereocenters. The van der Waals surface area contributed by atoms with E-state index in [0.29, 0.717) is 17.4 Å². The molecular formula is C30H44O3S2. The van der Waals surface area contributed by atoms with Gasteiger partial charge in [0.15, 0.2) is 0 Å². The zero-order valence-electron chi connectivity index (χ0n) is 21.6. The summed E-state index contributed by atoms with van der Waals surface area (Å²) in [7, 11) is -0.610. The van der Waals surface area contributed by atoms with Crippen LogP contribution in [0.3, 0.4) is 0 Å². The fraction of sp³-hybridized carbons (Fsp3) is 0.600. The van der Waals surface area contributed by atoms with Crippen LogP contribution in [0.4, 0.5) is 0 Å². The second kappa shape index (κ2) is 14.3. The molecule has 0 aliphatic carbocycles. The predicted octanol–water partition coefficient (Wildman–Crippen LogP) is 8.30. The van der Waals surface area contributed by atoms with E-state index >= 15 is 0 Å². The Morgan fingerprint density at radius 3 is 2.14 bits per heavy atom. The quantitative estimate of drug-likeness (QED) is 0.234. The van der Waals surface area contributed by atoms with Crippen LogP contribution < -0.4 is 0 Å². The van der Waals surface area contributed by atoms with Gasteiger partial charge in [0.1, 0.15) is 11.5 Å². The maximum absolute atomic E-state index is 12.0. The van der Waals surface area contributed by atoms with Gasteiger partial charge in [-0.1, -0.05) is 83.4 Å². The molecule has 5 heteroatoms. The number of hydrogen-bond acceptors (Lipinski definition) is 4. The van der Waals surface area contributed by atoms with Crippen LogP contribution in [-0.4, -0.2) is 31.7 Å². The highest BCUT2D eigenvalue weighted by atomic mass is 32.2. The summed E-state index contributed by atoms with van der Waals surface area (Å²) in [5.74, 6) is 3.79. The fourth-order valence-electron chi connectivity index (χ4n) is 5.32. The van der Waals surface area contributed by atoms with Crippen LogP contribution in [0.15, 0.2) is 47.4 Å². The van der Waals surface area contributed by atoms with Gasteiger partial charge in [-0.2, -0.15) is 0 Å². The fourth-order valence-corrected chi connectivity index (χ4v) is 7.98. The zero-order chi connectivity index (χ0) is 25.1. The van der Waals surface area contributed by atoms with Crippen LogP contribution in [0.1, 0.15) is 102 Å². The first-order valence-electron chi connectivity index (χ1n) is 13.5. The Bertz CT molecular complexity index is 928. The summed E-state index contributed by atoms with van der Waals surface area (Å²) < 4.78 is 12.0. The van der Waals surface area contributed by atoms with Crippen molar-refractivity contribution in [1.29, 1.82) is 0 Å². The second-order valence-electron chi connectivity index (χ2n) is 10.3. The molecule has 35 heavy (non-hydrogen) atoms. The molecule has 0 fully saturated rings. The predicted molar refractivity (Wildman–Crippen MR) is 151 cm³/mol. The van der Waals surface area contributed by atoms with Crippen molar-refractivity contribution in [1.82, 2.24) is 0 Å². The average Bonchev–Trinajstić information content (AvgIpc) is 2.84. The van der Waals surface area contributed by atoms with Gasteiger partial charge in [0, 0.05) is 38.4 Å². The summed E-state index contributed by atoms with van der Waals surface area (Å²) in [4.78, 5) is 1.21. The molecule has 0 spiro atoms. The summed E-state index contributed by atoms with van der Waals surface area (Å²) in [6, 6.07) is 13.6. The molecule has 0 bridgehead atoms. The summed E-state index contributed by atoms with van der Waals surface area (Å²) in [6.45, 7) is 4.55. The third kappa shape index (κ3) is 8.28. The minimum Gasteiger partial charge on any atom is -0.508 e. The van der Waals surface area contributed by atoms with Crippen molar-refractivity contribution in [3.8, 4) is 11.5 Å². The van der Waals surface area contributed by atoms with Crippen LogP contribution in [-0.2, 0) is 16.2 Å². The number of benzene rings is 2. The summed E-state index contributed by atoms with van der Waals surface area (Å²) in [6.07, 6.45) is 13.2. The van der Waals surface area contributed by atoms with Crippen molar-refractivity contribution < 1.29 is 14.4 Å². The highest BCUT2D eigenvalue weighted by Gasteiger charge is 2.41. The molecule has 0 aromatic heterocycles. The van der Waals surface area contributed by atoms with E-state index in [-0.39, 0.29) is 5.41 Å². The lowest BCUT2D eigenvalue weighted by atomic mass is 9.68. The summed E-state index contributed by atoms with van der Waals surface area (Å²) in [5, 5.41) is 19.8. The second-order valence-corrected chi connectivity index (χ2v) is 13.1. The van der Waals surface area contributed by atoms with Crippen molar-refractivity contribution in [3.05, 3.63) is 53.6 Å². The molecule has 2 N–H and O–H groups in total. The van der Waals surface area contributed by atoms with Gasteiger partial charge in [0.2, 0.25) is 0 Å². The maximum atomic E-state index is 12.0. The third-order valence-corrected chi connectivity index (χ3v) is 10.4. The van der Waals surface area contributed by atoms with E-state index in [0.717, 1.165) is 36.5 Å². The number of phenolic OH excluding ortho intramolecular Hbond substituents is 2. The van der Waals surface area contributed by atoms with Crippen LogP contribution in [0.25, 0.3) is 0 Å². The maximum Gasteiger partial charge on any atom is 0.116 e. The Hall–Kier alpha value is -1.46. The number of aromatic hydroxyl groups is 2. The molecule has 3 unspecified atom stereocenters. The first kappa shape index (κ1) is 28.1. The Labute approximate surface area is 219 Å². The van der Waals surface area contributed by atoms with Gasteiger partial charge in [0.05, 0.1) is 0 Å². The Kier molecular flexibility index (Phi) is 11.5. The number of hydrogen-bond donors (Lipinski definition) is 2.